The highest BCUT2D eigenvalue weighted by Crippen LogP contribution is 2.25. The lowest BCUT2D eigenvalue weighted by atomic mass is 10.1. The molecule has 0 saturated heterocycles. The number of carbonyl (C=O) groups is 2. The lowest BCUT2D eigenvalue weighted by molar-refractivity contribution is -0.128. The van der Waals surface area contributed by atoms with Gasteiger partial charge in [-0.05, 0) is 49.9 Å². The fourth-order valence-electron chi connectivity index (χ4n) is 3.67. The molecule has 0 aliphatic heterocycles. The van der Waals surface area contributed by atoms with E-state index in [1.807, 2.05) is 18.2 Å². The third-order valence-corrected chi connectivity index (χ3v) is 5.08. The van der Waals surface area contributed by atoms with Gasteiger partial charge in [-0.15, -0.1) is 0 Å². The van der Waals surface area contributed by atoms with Gasteiger partial charge in [-0.1, -0.05) is 26.7 Å². The van der Waals surface area contributed by atoms with Crippen molar-refractivity contribution in [2.45, 2.75) is 59.0 Å². The fraction of sp³-hybridized carbons (Fsp3) is 0.524. The number of benzene rings is 1. The van der Waals surface area contributed by atoms with E-state index in [4.69, 9.17) is 0 Å². The number of anilines is 1. The molecule has 1 aliphatic rings. The summed E-state index contributed by atoms with van der Waals surface area (Å²) in [5, 5.41) is 6.87. The first-order valence-electron chi connectivity index (χ1n) is 9.64. The van der Waals surface area contributed by atoms with Crippen LogP contribution in [0.2, 0.25) is 0 Å². The number of carbonyl (C=O) groups excluding carboxylic acids is 2. The maximum atomic E-state index is 12.4. The topological polar surface area (TPSA) is 63.1 Å². The first-order chi connectivity index (χ1) is 12.4. The van der Waals surface area contributed by atoms with Crippen molar-refractivity contribution < 1.29 is 9.59 Å². The molecular formula is C21H29N3O2. The van der Waals surface area contributed by atoms with Crippen LogP contribution in [0.15, 0.2) is 30.5 Å². The molecule has 2 amide bonds. The molecule has 1 atom stereocenters. The molecule has 0 spiro atoms. The normalized spacial score (nSPS) is 16.2. The van der Waals surface area contributed by atoms with Crippen molar-refractivity contribution in [1.29, 1.82) is 0 Å². The predicted octanol–water partition coefficient (Wildman–Crippen LogP) is 3.93. The van der Waals surface area contributed by atoms with Crippen molar-refractivity contribution in [1.82, 2.24) is 9.88 Å². The van der Waals surface area contributed by atoms with Gasteiger partial charge in [0.15, 0.2) is 0 Å². The molecule has 5 nitrogen and oxygen atoms in total. The number of hydrogen-bond acceptors (Lipinski definition) is 2. The monoisotopic (exact) mass is 355 g/mol. The van der Waals surface area contributed by atoms with Crippen molar-refractivity contribution in [3.05, 3.63) is 30.5 Å². The second-order valence-electron chi connectivity index (χ2n) is 7.84. The Hall–Kier alpha value is -2.30. The van der Waals surface area contributed by atoms with Crippen molar-refractivity contribution in [2.75, 3.05) is 5.32 Å². The first-order valence-corrected chi connectivity index (χ1v) is 9.64. The van der Waals surface area contributed by atoms with E-state index in [2.05, 4.69) is 41.3 Å². The summed E-state index contributed by atoms with van der Waals surface area (Å²) in [6, 6.07) is 7.47. The van der Waals surface area contributed by atoms with E-state index in [0.717, 1.165) is 43.3 Å². The summed E-state index contributed by atoms with van der Waals surface area (Å²) in [6.07, 6.45) is 6.17. The van der Waals surface area contributed by atoms with Crippen LogP contribution in [0.5, 0.6) is 0 Å². The molecule has 26 heavy (non-hydrogen) atoms. The summed E-state index contributed by atoms with van der Waals surface area (Å²) in [4.78, 5) is 24.6. The number of fused-ring (bicyclic) bond motifs is 1. The van der Waals surface area contributed by atoms with Crippen LogP contribution in [0, 0.1) is 11.8 Å². The van der Waals surface area contributed by atoms with E-state index in [0.29, 0.717) is 5.92 Å². The zero-order valence-electron chi connectivity index (χ0n) is 15.9. The third kappa shape index (κ3) is 4.26. The van der Waals surface area contributed by atoms with Crippen LogP contribution in [-0.4, -0.2) is 22.4 Å². The summed E-state index contributed by atoms with van der Waals surface area (Å²) in [5.41, 5.74) is 1.92. The summed E-state index contributed by atoms with van der Waals surface area (Å²) < 4.78 is 2.23. The number of aromatic nitrogens is 1. The second kappa shape index (κ2) is 7.94. The van der Waals surface area contributed by atoms with Crippen LogP contribution in [-0.2, 0) is 16.1 Å². The molecule has 0 radical (unpaired) electrons. The number of nitrogens with zero attached hydrogens (tertiary/aromatic N) is 1. The molecule has 1 fully saturated rings. The van der Waals surface area contributed by atoms with Gasteiger partial charge in [-0.2, -0.15) is 0 Å². The molecule has 140 valence electrons. The summed E-state index contributed by atoms with van der Waals surface area (Å²) >= 11 is 0. The molecule has 1 saturated carbocycles. The van der Waals surface area contributed by atoms with Crippen molar-refractivity contribution >= 4 is 28.4 Å². The van der Waals surface area contributed by atoms with E-state index in [1.54, 1.807) is 6.92 Å². The highest BCUT2D eigenvalue weighted by Gasteiger charge is 2.25. The number of rotatable bonds is 6. The van der Waals surface area contributed by atoms with Gasteiger partial charge >= 0.3 is 0 Å². The van der Waals surface area contributed by atoms with Gasteiger partial charge in [0.1, 0.15) is 6.04 Å². The van der Waals surface area contributed by atoms with E-state index in [-0.39, 0.29) is 17.7 Å². The SMILES string of the molecule is CC(C)Cn1ccc2cc(NC(=O)C(C)NC(=O)C3CCCC3)ccc21. The van der Waals surface area contributed by atoms with E-state index in [1.165, 1.54) is 5.52 Å². The smallest absolute Gasteiger partial charge is 0.246 e. The molecule has 1 unspecified atom stereocenters. The molecule has 0 bridgehead atoms. The lowest BCUT2D eigenvalue weighted by Gasteiger charge is -2.17. The van der Waals surface area contributed by atoms with Gasteiger partial charge in [-0.3, -0.25) is 9.59 Å². The molecule has 3 rings (SSSR count). The molecule has 1 heterocycles. The number of hydrogen-bond donors (Lipinski definition) is 2. The third-order valence-electron chi connectivity index (χ3n) is 5.08. The largest absolute Gasteiger partial charge is 0.347 e. The Morgan fingerprint density at radius 1 is 1.15 bits per heavy atom. The quantitative estimate of drug-likeness (QED) is 0.825. The summed E-state index contributed by atoms with van der Waals surface area (Å²) in [7, 11) is 0. The van der Waals surface area contributed by atoms with Crippen molar-refractivity contribution in [3.63, 3.8) is 0 Å². The zero-order valence-corrected chi connectivity index (χ0v) is 15.9. The van der Waals surface area contributed by atoms with Gasteiger partial charge in [0, 0.05) is 35.2 Å². The standard InChI is InChI=1S/C21H29N3O2/c1-14(2)13-24-11-10-17-12-18(8-9-19(17)24)23-20(25)15(3)22-21(26)16-6-4-5-7-16/h8-12,14-16H,4-7,13H2,1-3H3,(H,22,26)(H,23,25). The van der Waals surface area contributed by atoms with Gasteiger partial charge in [0.05, 0.1) is 0 Å². The molecule has 1 aliphatic carbocycles. The Labute approximate surface area is 155 Å². The van der Waals surface area contributed by atoms with Crippen molar-refractivity contribution in [2.24, 2.45) is 11.8 Å². The minimum Gasteiger partial charge on any atom is -0.347 e. The molecule has 2 N–H and O–H groups in total. The second-order valence-corrected chi connectivity index (χ2v) is 7.84. The summed E-state index contributed by atoms with van der Waals surface area (Å²) in [6.45, 7) is 7.10. The van der Waals surface area contributed by atoms with Crippen molar-refractivity contribution in [3.8, 4) is 0 Å². The molecule has 5 heteroatoms. The van der Waals surface area contributed by atoms with Gasteiger partial charge in [0.25, 0.3) is 0 Å². The first kappa shape index (κ1) is 18.5. The Balaban J connectivity index is 1.62. The highest BCUT2D eigenvalue weighted by atomic mass is 16.2. The Morgan fingerprint density at radius 2 is 1.88 bits per heavy atom. The molecule has 1 aromatic carbocycles. The highest BCUT2D eigenvalue weighted by molar-refractivity contribution is 5.98. The maximum absolute atomic E-state index is 12.4. The van der Waals surface area contributed by atoms with Crippen LogP contribution >= 0.6 is 0 Å². The Morgan fingerprint density at radius 3 is 2.58 bits per heavy atom. The van der Waals surface area contributed by atoms with Gasteiger partial charge in [-0.25, -0.2) is 0 Å². The van der Waals surface area contributed by atoms with E-state index >= 15 is 0 Å². The van der Waals surface area contributed by atoms with E-state index in [9.17, 15) is 9.59 Å². The van der Waals surface area contributed by atoms with Crippen LogP contribution in [0.25, 0.3) is 10.9 Å². The van der Waals surface area contributed by atoms with Crippen LogP contribution in [0.1, 0.15) is 46.5 Å². The maximum Gasteiger partial charge on any atom is 0.246 e. The molecule has 1 aromatic heterocycles. The number of nitrogens with one attached hydrogen (secondary N) is 2. The molecular weight excluding hydrogens is 326 g/mol. The Kier molecular flexibility index (Phi) is 5.64. The minimum atomic E-state index is -0.538. The lowest BCUT2D eigenvalue weighted by Crippen LogP contribution is -2.43. The average Bonchev–Trinajstić information content (AvgIpc) is 3.24. The number of amides is 2. The van der Waals surface area contributed by atoms with E-state index < -0.39 is 6.04 Å². The summed E-state index contributed by atoms with van der Waals surface area (Å²) in [5.74, 6) is 0.473. The van der Waals surface area contributed by atoms with Crippen LogP contribution < -0.4 is 10.6 Å². The van der Waals surface area contributed by atoms with Gasteiger partial charge in [0.2, 0.25) is 11.8 Å². The van der Waals surface area contributed by atoms with Crippen LogP contribution in [0.4, 0.5) is 5.69 Å². The average molecular weight is 355 g/mol. The fourth-order valence-corrected chi connectivity index (χ4v) is 3.67. The zero-order chi connectivity index (χ0) is 18.7. The minimum absolute atomic E-state index is 0.00589. The van der Waals surface area contributed by atoms with Crippen LogP contribution in [0.3, 0.4) is 0 Å². The Bertz CT molecular complexity index is 788. The molecule has 2 aromatic rings. The predicted molar refractivity (Wildman–Crippen MR) is 105 cm³/mol. The van der Waals surface area contributed by atoms with Gasteiger partial charge < -0.3 is 15.2 Å².